The second-order valence-corrected chi connectivity index (χ2v) is 9.23. The van der Waals surface area contributed by atoms with Crippen LogP contribution in [0.15, 0.2) is 48.5 Å². The summed E-state index contributed by atoms with van der Waals surface area (Å²) in [5.74, 6) is 0. The Kier molecular flexibility index (Phi) is 6.62. The van der Waals surface area contributed by atoms with Crippen molar-refractivity contribution in [2.24, 2.45) is 0 Å². The van der Waals surface area contributed by atoms with Gasteiger partial charge in [0, 0.05) is 35.1 Å². The molecule has 8 heteroatoms. The Bertz CT molecular complexity index is 1110. The number of nitrogens with zero attached hydrogens (tertiary/aromatic N) is 2. The molecular formula is C21H25ClN4O2S. The monoisotopic (exact) mass is 432 g/mol. The van der Waals surface area contributed by atoms with E-state index in [1.54, 1.807) is 6.07 Å². The van der Waals surface area contributed by atoms with Crippen molar-refractivity contribution in [3.05, 3.63) is 81.6 Å². The van der Waals surface area contributed by atoms with Crippen LogP contribution >= 0.6 is 11.6 Å². The summed E-state index contributed by atoms with van der Waals surface area (Å²) in [5.41, 5.74) is 5.83. The number of anilines is 1. The topological polar surface area (TPSA) is 76.0 Å². The smallest absolute Gasteiger partial charge is 0.229 e. The van der Waals surface area contributed by atoms with Gasteiger partial charge >= 0.3 is 0 Å². The average molecular weight is 433 g/mol. The number of hydrogen-bond donors (Lipinski definition) is 2. The van der Waals surface area contributed by atoms with Gasteiger partial charge in [-0.15, -0.1) is 0 Å². The first-order chi connectivity index (χ1) is 13.7. The molecule has 0 aliphatic rings. The number of aryl methyl sites for hydroxylation is 1. The minimum absolute atomic E-state index is 0.562. The van der Waals surface area contributed by atoms with E-state index >= 15 is 0 Å². The minimum Gasteiger partial charge on any atom is -0.308 e. The van der Waals surface area contributed by atoms with Crippen molar-refractivity contribution in [2.75, 3.05) is 11.0 Å². The molecule has 1 heterocycles. The third kappa shape index (κ3) is 5.82. The Morgan fingerprint density at radius 1 is 1.07 bits per heavy atom. The Balaban J connectivity index is 1.65. The summed E-state index contributed by atoms with van der Waals surface area (Å²) in [6, 6.07) is 15.1. The Morgan fingerprint density at radius 2 is 1.83 bits per heavy atom. The molecule has 29 heavy (non-hydrogen) atoms. The van der Waals surface area contributed by atoms with E-state index in [0.717, 1.165) is 39.4 Å². The van der Waals surface area contributed by atoms with E-state index in [2.05, 4.69) is 22.1 Å². The van der Waals surface area contributed by atoms with Gasteiger partial charge in [-0.2, -0.15) is 5.10 Å². The van der Waals surface area contributed by atoms with Crippen LogP contribution in [-0.2, 0) is 29.7 Å². The maximum absolute atomic E-state index is 11.4. The molecule has 3 aromatic rings. The number of nitrogens with one attached hydrogen (secondary N) is 2. The highest BCUT2D eigenvalue weighted by Gasteiger charge is 2.12. The Morgan fingerprint density at radius 3 is 2.55 bits per heavy atom. The van der Waals surface area contributed by atoms with Crippen molar-refractivity contribution in [1.29, 1.82) is 0 Å². The second-order valence-electron chi connectivity index (χ2n) is 7.08. The van der Waals surface area contributed by atoms with E-state index in [9.17, 15) is 8.42 Å². The molecule has 2 N–H and O–H groups in total. The molecule has 6 nitrogen and oxygen atoms in total. The number of aromatic nitrogens is 2. The summed E-state index contributed by atoms with van der Waals surface area (Å²) < 4.78 is 27.3. The largest absolute Gasteiger partial charge is 0.308 e. The molecule has 0 fully saturated rings. The molecule has 0 amide bonds. The standard InChI is InChI=1S/C21H25ClN4O2S/c1-15-20(16(2)26(24-15)14-18-8-4-5-10-21(18)22)13-23-12-17-7-6-9-19(11-17)25-29(3,27)28/h4-11,23,25H,12-14H2,1-3H3. The molecule has 0 aliphatic carbocycles. The molecule has 0 saturated heterocycles. The molecule has 3 rings (SSSR count). The van der Waals surface area contributed by atoms with Gasteiger partial charge in [0.1, 0.15) is 0 Å². The van der Waals surface area contributed by atoms with Crippen LogP contribution in [0.4, 0.5) is 5.69 Å². The maximum atomic E-state index is 11.4. The fourth-order valence-electron chi connectivity index (χ4n) is 3.22. The van der Waals surface area contributed by atoms with E-state index in [4.69, 9.17) is 11.6 Å². The maximum Gasteiger partial charge on any atom is 0.229 e. The van der Waals surface area contributed by atoms with E-state index in [-0.39, 0.29) is 0 Å². The minimum atomic E-state index is -3.29. The van der Waals surface area contributed by atoms with Crippen LogP contribution in [-0.4, -0.2) is 24.5 Å². The lowest BCUT2D eigenvalue weighted by atomic mass is 10.1. The molecular weight excluding hydrogens is 408 g/mol. The number of halogens is 1. The first-order valence-corrected chi connectivity index (χ1v) is 11.5. The van der Waals surface area contributed by atoms with Gasteiger partial charge < -0.3 is 5.32 Å². The summed E-state index contributed by atoms with van der Waals surface area (Å²) in [6.07, 6.45) is 1.14. The second kappa shape index (κ2) is 8.98. The summed E-state index contributed by atoms with van der Waals surface area (Å²) in [6.45, 7) is 5.98. The molecule has 2 aromatic carbocycles. The van der Waals surface area contributed by atoms with Crippen LogP contribution in [0.3, 0.4) is 0 Å². The lowest BCUT2D eigenvalue weighted by molar-refractivity contribution is 0.607. The highest BCUT2D eigenvalue weighted by molar-refractivity contribution is 7.92. The lowest BCUT2D eigenvalue weighted by Gasteiger charge is -2.09. The molecule has 0 aliphatic heterocycles. The van der Waals surface area contributed by atoms with Gasteiger partial charge in [0.25, 0.3) is 0 Å². The van der Waals surface area contributed by atoms with Crippen molar-refractivity contribution in [3.8, 4) is 0 Å². The van der Waals surface area contributed by atoms with Crippen LogP contribution in [0.25, 0.3) is 0 Å². The van der Waals surface area contributed by atoms with Crippen LogP contribution in [0.2, 0.25) is 5.02 Å². The molecule has 0 saturated carbocycles. The average Bonchev–Trinajstić information content (AvgIpc) is 2.90. The zero-order valence-electron chi connectivity index (χ0n) is 16.7. The van der Waals surface area contributed by atoms with Crippen molar-refractivity contribution in [1.82, 2.24) is 15.1 Å². The zero-order valence-corrected chi connectivity index (χ0v) is 18.3. The van der Waals surface area contributed by atoms with E-state index < -0.39 is 10.0 Å². The van der Waals surface area contributed by atoms with Crippen LogP contribution in [0, 0.1) is 13.8 Å². The normalized spacial score (nSPS) is 11.6. The number of sulfonamides is 1. The van der Waals surface area contributed by atoms with Crippen molar-refractivity contribution in [3.63, 3.8) is 0 Å². The number of benzene rings is 2. The van der Waals surface area contributed by atoms with E-state index in [1.807, 2.05) is 54.1 Å². The van der Waals surface area contributed by atoms with Gasteiger partial charge in [-0.1, -0.05) is 41.9 Å². The van der Waals surface area contributed by atoms with Crippen LogP contribution < -0.4 is 10.0 Å². The van der Waals surface area contributed by atoms with Gasteiger partial charge in [-0.05, 0) is 43.2 Å². The van der Waals surface area contributed by atoms with Crippen molar-refractivity contribution < 1.29 is 8.42 Å². The lowest BCUT2D eigenvalue weighted by Crippen LogP contribution is -2.15. The van der Waals surface area contributed by atoms with Gasteiger partial charge in [0.15, 0.2) is 0 Å². The summed E-state index contributed by atoms with van der Waals surface area (Å²) in [7, 11) is -3.29. The quantitative estimate of drug-likeness (QED) is 0.566. The molecule has 0 atom stereocenters. The van der Waals surface area contributed by atoms with Crippen LogP contribution in [0.1, 0.15) is 28.1 Å². The summed E-state index contributed by atoms with van der Waals surface area (Å²) >= 11 is 6.28. The van der Waals surface area contributed by atoms with Gasteiger partial charge in [-0.3, -0.25) is 9.40 Å². The van der Waals surface area contributed by atoms with E-state index in [1.165, 1.54) is 0 Å². The number of rotatable bonds is 8. The molecule has 0 spiro atoms. The fourth-order valence-corrected chi connectivity index (χ4v) is 3.97. The third-order valence-corrected chi connectivity index (χ3v) is 5.65. The highest BCUT2D eigenvalue weighted by Crippen LogP contribution is 2.19. The molecule has 0 unspecified atom stereocenters. The highest BCUT2D eigenvalue weighted by atomic mass is 35.5. The third-order valence-electron chi connectivity index (χ3n) is 4.67. The van der Waals surface area contributed by atoms with Crippen LogP contribution in [0.5, 0.6) is 0 Å². The van der Waals surface area contributed by atoms with Gasteiger partial charge in [0.2, 0.25) is 10.0 Å². The molecule has 154 valence electrons. The Hall–Kier alpha value is -2.35. The van der Waals surface area contributed by atoms with Crippen molar-refractivity contribution >= 4 is 27.3 Å². The molecule has 1 aromatic heterocycles. The van der Waals surface area contributed by atoms with E-state index in [0.29, 0.717) is 25.3 Å². The first kappa shape index (κ1) is 21.4. The molecule has 0 radical (unpaired) electrons. The molecule has 0 bridgehead atoms. The predicted molar refractivity (Wildman–Crippen MR) is 118 cm³/mol. The predicted octanol–water partition coefficient (Wildman–Crippen LogP) is 3.86. The SMILES string of the molecule is Cc1nn(Cc2ccccc2Cl)c(C)c1CNCc1cccc(NS(C)(=O)=O)c1. The van der Waals surface area contributed by atoms with Gasteiger partial charge in [-0.25, -0.2) is 8.42 Å². The zero-order chi connectivity index (χ0) is 21.0. The number of hydrogen-bond acceptors (Lipinski definition) is 4. The first-order valence-electron chi connectivity index (χ1n) is 9.26. The summed E-state index contributed by atoms with van der Waals surface area (Å²) in [4.78, 5) is 0. The van der Waals surface area contributed by atoms with Gasteiger partial charge in [0.05, 0.1) is 18.5 Å². The summed E-state index contributed by atoms with van der Waals surface area (Å²) in [5, 5.41) is 8.83. The Labute approximate surface area is 177 Å². The van der Waals surface area contributed by atoms with Crippen molar-refractivity contribution in [2.45, 2.75) is 33.5 Å². The fraction of sp³-hybridized carbons (Fsp3) is 0.286.